The number of rotatable bonds is 26. The molecule has 0 aliphatic rings. The van der Waals surface area contributed by atoms with E-state index in [4.69, 9.17) is 4.98 Å². The Morgan fingerprint density at radius 2 is 0.971 bits per heavy atom. The molecule has 0 aromatic carbocycles. The maximum Gasteiger partial charge on any atom is 0.111 e. The van der Waals surface area contributed by atoms with E-state index in [1.807, 2.05) is 0 Å². The normalized spacial score (nSPS) is 13.4. The zero-order valence-electron chi connectivity index (χ0n) is 24.7. The summed E-state index contributed by atoms with van der Waals surface area (Å²) in [5.74, 6) is 2.03. The molecule has 0 fully saturated rings. The highest BCUT2D eigenvalue weighted by Gasteiger charge is 2.18. The summed E-state index contributed by atoms with van der Waals surface area (Å²) in [5, 5.41) is 0. The van der Waals surface area contributed by atoms with Gasteiger partial charge in [0.15, 0.2) is 0 Å². The molecule has 0 amide bonds. The van der Waals surface area contributed by atoms with Crippen molar-refractivity contribution < 1.29 is 0 Å². The van der Waals surface area contributed by atoms with Crippen molar-refractivity contribution in [3.05, 3.63) is 18.2 Å². The van der Waals surface area contributed by atoms with E-state index < -0.39 is 0 Å². The molecule has 0 saturated heterocycles. The number of unbranched alkanes of at least 4 members (excludes halogenated alkanes) is 18. The lowest BCUT2D eigenvalue weighted by molar-refractivity contribution is 0.419. The van der Waals surface area contributed by atoms with Gasteiger partial charge in [0.05, 0.1) is 0 Å². The Labute approximate surface area is 221 Å². The van der Waals surface area contributed by atoms with Crippen LogP contribution in [0.5, 0.6) is 0 Å². The predicted molar refractivity (Wildman–Crippen MR) is 158 cm³/mol. The van der Waals surface area contributed by atoms with Gasteiger partial charge in [-0.1, -0.05) is 156 Å². The SMILES string of the molecule is CCCCCCCCCCCCCCCC(CCC)c1nccn1C(C)CCCCCCCCC. The Balaban J connectivity index is 2.21. The fourth-order valence-electron chi connectivity index (χ4n) is 5.71. The summed E-state index contributed by atoms with van der Waals surface area (Å²) in [7, 11) is 0. The van der Waals surface area contributed by atoms with Gasteiger partial charge in [-0.05, 0) is 26.2 Å². The quantitative estimate of drug-likeness (QED) is 0.118. The van der Waals surface area contributed by atoms with Crippen molar-refractivity contribution in [1.82, 2.24) is 9.55 Å². The molecular weight excluding hydrogens is 424 g/mol. The third kappa shape index (κ3) is 16.6. The van der Waals surface area contributed by atoms with Gasteiger partial charge < -0.3 is 4.57 Å². The standard InChI is InChI=1S/C33H64N2/c1-5-8-10-12-14-15-16-17-18-19-21-23-25-28-32(26-7-3)33-34-29-30-35(33)31(4)27-24-22-20-13-11-9-6-2/h29-32H,5-28H2,1-4H3. The molecule has 0 saturated carbocycles. The van der Waals surface area contributed by atoms with Crippen molar-refractivity contribution >= 4 is 0 Å². The minimum atomic E-state index is 0.592. The molecule has 35 heavy (non-hydrogen) atoms. The third-order valence-electron chi connectivity index (χ3n) is 8.06. The third-order valence-corrected chi connectivity index (χ3v) is 8.06. The second-order valence-corrected chi connectivity index (χ2v) is 11.5. The molecule has 1 aromatic heterocycles. The maximum absolute atomic E-state index is 4.88. The molecule has 0 bridgehead atoms. The number of hydrogen-bond donors (Lipinski definition) is 0. The lowest BCUT2D eigenvalue weighted by Crippen LogP contribution is -2.13. The molecule has 1 rings (SSSR count). The van der Waals surface area contributed by atoms with Crippen molar-refractivity contribution in [3.8, 4) is 0 Å². The van der Waals surface area contributed by atoms with Crippen LogP contribution in [0, 0.1) is 0 Å². The minimum absolute atomic E-state index is 0.592. The fraction of sp³-hybridized carbons (Fsp3) is 0.909. The van der Waals surface area contributed by atoms with E-state index in [-0.39, 0.29) is 0 Å². The largest absolute Gasteiger partial charge is 0.332 e. The minimum Gasteiger partial charge on any atom is -0.332 e. The van der Waals surface area contributed by atoms with Gasteiger partial charge in [-0.2, -0.15) is 0 Å². The Bertz CT molecular complexity index is 549. The highest BCUT2D eigenvalue weighted by Crippen LogP contribution is 2.29. The van der Waals surface area contributed by atoms with Crippen LogP contribution in [0.1, 0.15) is 200 Å². The van der Waals surface area contributed by atoms with Crippen LogP contribution in [0.4, 0.5) is 0 Å². The summed E-state index contributed by atoms with van der Waals surface area (Å²) >= 11 is 0. The summed E-state index contributed by atoms with van der Waals surface area (Å²) < 4.78 is 2.53. The van der Waals surface area contributed by atoms with Gasteiger partial charge in [0.1, 0.15) is 5.82 Å². The van der Waals surface area contributed by atoms with Crippen molar-refractivity contribution in [3.63, 3.8) is 0 Å². The van der Waals surface area contributed by atoms with Gasteiger partial charge in [-0.3, -0.25) is 0 Å². The van der Waals surface area contributed by atoms with E-state index in [1.165, 1.54) is 160 Å². The van der Waals surface area contributed by atoms with Gasteiger partial charge in [0, 0.05) is 24.4 Å². The van der Waals surface area contributed by atoms with E-state index in [0.29, 0.717) is 12.0 Å². The smallest absolute Gasteiger partial charge is 0.111 e. The molecule has 2 heteroatoms. The fourth-order valence-corrected chi connectivity index (χ4v) is 5.71. The van der Waals surface area contributed by atoms with Crippen molar-refractivity contribution in [2.45, 2.75) is 194 Å². The second-order valence-electron chi connectivity index (χ2n) is 11.5. The van der Waals surface area contributed by atoms with Gasteiger partial charge in [0.2, 0.25) is 0 Å². The van der Waals surface area contributed by atoms with E-state index in [2.05, 4.69) is 44.7 Å². The highest BCUT2D eigenvalue weighted by atomic mass is 15.1. The van der Waals surface area contributed by atoms with Crippen molar-refractivity contribution in [1.29, 1.82) is 0 Å². The predicted octanol–water partition coefficient (Wildman–Crippen LogP) is 11.9. The first-order valence-corrected chi connectivity index (χ1v) is 16.3. The van der Waals surface area contributed by atoms with Crippen LogP contribution in [0.3, 0.4) is 0 Å². The maximum atomic E-state index is 4.88. The van der Waals surface area contributed by atoms with Crippen molar-refractivity contribution in [2.24, 2.45) is 0 Å². The Morgan fingerprint density at radius 1 is 0.543 bits per heavy atom. The van der Waals surface area contributed by atoms with Crippen LogP contribution < -0.4 is 0 Å². The van der Waals surface area contributed by atoms with Crippen molar-refractivity contribution in [2.75, 3.05) is 0 Å². The molecular formula is C33H64N2. The Hall–Kier alpha value is -0.790. The number of aromatic nitrogens is 2. The summed E-state index contributed by atoms with van der Waals surface area (Å²) in [6, 6.07) is 0.592. The summed E-state index contributed by atoms with van der Waals surface area (Å²) in [6.45, 7) is 9.36. The molecule has 2 nitrogen and oxygen atoms in total. The molecule has 0 aliphatic heterocycles. The molecule has 206 valence electrons. The number of hydrogen-bond acceptors (Lipinski definition) is 1. The van der Waals surface area contributed by atoms with Crippen LogP contribution in [-0.4, -0.2) is 9.55 Å². The molecule has 0 N–H and O–H groups in total. The molecule has 2 atom stereocenters. The highest BCUT2D eigenvalue weighted by molar-refractivity contribution is 5.02. The average Bonchev–Trinajstić information content (AvgIpc) is 3.35. The van der Waals surface area contributed by atoms with Gasteiger partial charge in [0.25, 0.3) is 0 Å². The van der Waals surface area contributed by atoms with Crippen LogP contribution in [0.25, 0.3) is 0 Å². The molecule has 0 aliphatic carbocycles. The van der Waals surface area contributed by atoms with Crippen LogP contribution >= 0.6 is 0 Å². The summed E-state index contributed by atoms with van der Waals surface area (Å²) in [4.78, 5) is 4.88. The summed E-state index contributed by atoms with van der Waals surface area (Å²) in [5.41, 5.74) is 0. The zero-order chi connectivity index (χ0) is 25.4. The number of nitrogens with zero attached hydrogens (tertiary/aromatic N) is 2. The van der Waals surface area contributed by atoms with Gasteiger partial charge >= 0.3 is 0 Å². The topological polar surface area (TPSA) is 17.8 Å². The van der Waals surface area contributed by atoms with Crippen LogP contribution in [-0.2, 0) is 0 Å². The first-order valence-electron chi connectivity index (χ1n) is 16.3. The molecule has 0 spiro atoms. The lowest BCUT2D eigenvalue weighted by atomic mass is 9.94. The average molecular weight is 489 g/mol. The van der Waals surface area contributed by atoms with Gasteiger partial charge in [-0.15, -0.1) is 0 Å². The Morgan fingerprint density at radius 3 is 1.43 bits per heavy atom. The molecule has 0 radical (unpaired) electrons. The van der Waals surface area contributed by atoms with Crippen LogP contribution in [0.15, 0.2) is 12.4 Å². The molecule has 1 heterocycles. The monoisotopic (exact) mass is 489 g/mol. The van der Waals surface area contributed by atoms with Crippen LogP contribution in [0.2, 0.25) is 0 Å². The van der Waals surface area contributed by atoms with E-state index in [1.54, 1.807) is 0 Å². The number of imidazole rings is 1. The van der Waals surface area contributed by atoms with E-state index in [9.17, 15) is 0 Å². The Kier molecular flexibility index (Phi) is 21.7. The molecule has 1 aromatic rings. The van der Waals surface area contributed by atoms with E-state index in [0.717, 1.165) is 0 Å². The lowest BCUT2D eigenvalue weighted by Gasteiger charge is -2.22. The van der Waals surface area contributed by atoms with E-state index >= 15 is 0 Å². The zero-order valence-corrected chi connectivity index (χ0v) is 24.7. The first kappa shape index (κ1) is 32.2. The summed E-state index contributed by atoms with van der Waals surface area (Å²) in [6.07, 6.45) is 38.0. The molecule has 2 unspecified atom stereocenters. The second kappa shape index (κ2) is 23.6. The van der Waals surface area contributed by atoms with Gasteiger partial charge in [-0.25, -0.2) is 4.98 Å². The first-order chi connectivity index (χ1) is 17.2.